The first-order chi connectivity index (χ1) is 11.1. The Kier molecular flexibility index (Phi) is 4.87. The zero-order valence-electron chi connectivity index (χ0n) is 12.8. The van der Waals surface area contributed by atoms with Gasteiger partial charge in [-0.3, -0.25) is 9.36 Å². The summed E-state index contributed by atoms with van der Waals surface area (Å²) in [5.74, 6) is 1.17. The topological polar surface area (TPSA) is 99.4 Å². The Morgan fingerprint density at radius 1 is 1.43 bits per heavy atom. The van der Waals surface area contributed by atoms with Gasteiger partial charge in [-0.2, -0.15) is 0 Å². The lowest BCUT2D eigenvalue weighted by atomic mass is 10.4. The Labute approximate surface area is 138 Å². The molecule has 8 nitrogen and oxygen atoms in total. The first-order valence-electron chi connectivity index (χ1n) is 7.39. The van der Waals surface area contributed by atoms with Gasteiger partial charge in [0.1, 0.15) is 5.76 Å². The second kappa shape index (κ2) is 7.05. The maximum absolute atomic E-state index is 11.3. The van der Waals surface area contributed by atoms with Crippen molar-refractivity contribution in [3.8, 4) is 0 Å². The number of carbonyl (C=O) groups is 1. The van der Waals surface area contributed by atoms with Gasteiger partial charge >= 0.3 is 0 Å². The van der Waals surface area contributed by atoms with E-state index in [2.05, 4.69) is 15.1 Å². The highest BCUT2D eigenvalue weighted by molar-refractivity contribution is 8.00. The van der Waals surface area contributed by atoms with Gasteiger partial charge in [0.05, 0.1) is 31.3 Å². The fraction of sp³-hybridized carbons (Fsp3) is 0.500. The minimum absolute atomic E-state index is 0.379. The predicted molar refractivity (Wildman–Crippen MR) is 85.4 cm³/mol. The van der Waals surface area contributed by atoms with Crippen LogP contribution in [0.2, 0.25) is 0 Å². The number of thioether (sulfide) groups is 1. The van der Waals surface area contributed by atoms with Gasteiger partial charge in [0.2, 0.25) is 11.9 Å². The van der Waals surface area contributed by atoms with Gasteiger partial charge in [-0.25, -0.2) is 0 Å². The van der Waals surface area contributed by atoms with Crippen LogP contribution in [0.25, 0.3) is 0 Å². The van der Waals surface area contributed by atoms with Crippen LogP contribution < -0.4 is 10.6 Å². The summed E-state index contributed by atoms with van der Waals surface area (Å²) in [7, 11) is 0. The lowest BCUT2D eigenvalue weighted by Gasteiger charge is -2.27. The Hall–Kier alpha value is -2.00. The van der Waals surface area contributed by atoms with Crippen LogP contribution in [0.15, 0.2) is 28.0 Å². The molecular formula is C14H19N5O3S. The summed E-state index contributed by atoms with van der Waals surface area (Å²) in [5, 5.41) is 8.80. The van der Waals surface area contributed by atoms with Gasteiger partial charge in [0.15, 0.2) is 5.16 Å². The molecule has 1 unspecified atom stereocenters. The highest BCUT2D eigenvalue weighted by atomic mass is 32.2. The summed E-state index contributed by atoms with van der Waals surface area (Å²) >= 11 is 1.30. The lowest BCUT2D eigenvalue weighted by Crippen LogP contribution is -2.38. The van der Waals surface area contributed by atoms with E-state index in [9.17, 15) is 4.79 Å². The third-order valence-electron chi connectivity index (χ3n) is 3.57. The minimum Gasteiger partial charge on any atom is -0.467 e. The molecule has 0 radical (unpaired) electrons. The van der Waals surface area contributed by atoms with Crippen LogP contribution in [0, 0.1) is 0 Å². The highest BCUT2D eigenvalue weighted by Gasteiger charge is 2.23. The number of amides is 1. The molecule has 23 heavy (non-hydrogen) atoms. The highest BCUT2D eigenvalue weighted by Crippen LogP contribution is 2.27. The average Bonchev–Trinajstić information content (AvgIpc) is 3.19. The number of hydrogen-bond donors (Lipinski definition) is 1. The maximum Gasteiger partial charge on any atom is 0.230 e. The molecule has 0 spiro atoms. The SMILES string of the molecule is CC(Sc1nnc(N2CCOCC2)n1Cc1ccco1)C(N)=O. The average molecular weight is 337 g/mol. The van der Waals surface area contributed by atoms with Gasteiger partial charge in [-0.15, -0.1) is 10.2 Å². The molecule has 1 aliphatic rings. The quantitative estimate of drug-likeness (QED) is 0.775. The first kappa shape index (κ1) is 15.9. The Morgan fingerprint density at radius 3 is 2.87 bits per heavy atom. The van der Waals surface area contributed by atoms with Crippen molar-refractivity contribution >= 4 is 23.6 Å². The maximum atomic E-state index is 11.3. The van der Waals surface area contributed by atoms with E-state index in [4.69, 9.17) is 14.9 Å². The second-order valence-electron chi connectivity index (χ2n) is 5.21. The summed E-state index contributed by atoms with van der Waals surface area (Å²) in [5.41, 5.74) is 5.36. The van der Waals surface area contributed by atoms with Crippen LogP contribution >= 0.6 is 11.8 Å². The first-order valence-corrected chi connectivity index (χ1v) is 8.27. The van der Waals surface area contributed by atoms with E-state index >= 15 is 0 Å². The molecule has 9 heteroatoms. The Balaban J connectivity index is 1.88. The number of nitrogens with zero attached hydrogens (tertiary/aromatic N) is 4. The second-order valence-corrected chi connectivity index (χ2v) is 6.52. The molecule has 1 saturated heterocycles. The Morgan fingerprint density at radius 2 is 2.22 bits per heavy atom. The van der Waals surface area contributed by atoms with E-state index < -0.39 is 0 Å². The molecule has 1 amide bonds. The van der Waals surface area contributed by atoms with Crippen LogP contribution in [0.1, 0.15) is 12.7 Å². The van der Waals surface area contributed by atoms with Gasteiger partial charge in [0, 0.05) is 13.1 Å². The third-order valence-corrected chi connectivity index (χ3v) is 4.67. The van der Waals surface area contributed by atoms with E-state index in [1.807, 2.05) is 16.7 Å². The van der Waals surface area contributed by atoms with Crippen LogP contribution in [-0.2, 0) is 16.1 Å². The van der Waals surface area contributed by atoms with Crippen molar-refractivity contribution in [3.05, 3.63) is 24.2 Å². The van der Waals surface area contributed by atoms with Crippen molar-refractivity contribution < 1.29 is 13.9 Å². The molecule has 2 aromatic heterocycles. The van der Waals surface area contributed by atoms with Crippen molar-refractivity contribution in [1.29, 1.82) is 0 Å². The molecular weight excluding hydrogens is 318 g/mol. The smallest absolute Gasteiger partial charge is 0.230 e. The number of anilines is 1. The number of furan rings is 1. The van der Waals surface area contributed by atoms with Gasteiger partial charge in [0.25, 0.3) is 0 Å². The molecule has 3 heterocycles. The minimum atomic E-state index is -0.382. The molecule has 0 aromatic carbocycles. The van der Waals surface area contributed by atoms with E-state index in [-0.39, 0.29) is 11.2 Å². The zero-order valence-corrected chi connectivity index (χ0v) is 13.7. The van der Waals surface area contributed by atoms with Crippen molar-refractivity contribution in [2.75, 3.05) is 31.2 Å². The normalized spacial score (nSPS) is 16.5. The molecule has 2 aromatic rings. The number of primary amides is 1. The van der Waals surface area contributed by atoms with Crippen molar-refractivity contribution in [1.82, 2.24) is 14.8 Å². The molecule has 0 bridgehead atoms. The van der Waals surface area contributed by atoms with E-state index in [1.165, 1.54) is 11.8 Å². The number of carbonyl (C=O) groups excluding carboxylic acids is 1. The number of hydrogen-bond acceptors (Lipinski definition) is 7. The van der Waals surface area contributed by atoms with Crippen LogP contribution in [-0.4, -0.2) is 52.2 Å². The van der Waals surface area contributed by atoms with Gasteiger partial charge < -0.3 is 19.8 Å². The summed E-state index contributed by atoms with van der Waals surface area (Å²) in [4.78, 5) is 13.5. The molecule has 1 fully saturated rings. The van der Waals surface area contributed by atoms with Crippen LogP contribution in [0.3, 0.4) is 0 Å². The summed E-state index contributed by atoms with van der Waals surface area (Å²) < 4.78 is 12.8. The lowest BCUT2D eigenvalue weighted by molar-refractivity contribution is -0.117. The molecule has 3 rings (SSSR count). The number of aromatic nitrogens is 3. The standard InChI is InChI=1S/C14H19N5O3S/c1-10(12(15)20)23-14-17-16-13(18-4-7-21-8-5-18)19(14)9-11-3-2-6-22-11/h2-3,6,10H,4-5,7-9H2,1H3,(H2,15,20). The van der Waals surface area contributed by atoms with Gasteiger partial charge in [-0.05, 0) is 19.1 Å². The van der Waals surface area contributed by atoms with Crippen molar-refractivity contribution in [3.63, 3.8) is 0 Å². The van der Waals surface area contributed by atoms with E-state index in [1.54, 1.807) is 13.2 Å². The number of morpholine rings is 1. The zero-order chi connectivity index (χ0) is 16.2. The molecule has 124 valence electrons. The third kappa shape index (κ3) is 3.67. The molecule has 0 saturated carbocycles. The predicted octanol–water partition coefficient (Wildman–Crippen LogP) is 0.722. The Bertz CT molecular complexity index is 651. The molecule has 2 N–H and O–H groups in total. The monoisotopic (exact) mass is 337 g/mol. The number of rotatable bonds is 6. The van der Waals surface area contributed by atoms with Crippen LogP contribution in [0.5, 0.6) is 0 Å². The van der Waals surface area contributed by atoms with Crippen molar-refractivity contribution in [2.24, 2.45) is 5.73 Å². The largest absolute Gasteiger partial charge is 0.467 e. The molecule has 0 aliphatic carbocycles. The fourth-order valence-corrected chi connectivity index (χ4v) is 3.07. The van der Waals surface area contributed by atoms with Gasteiger partial charge in [-0.1, -0.05) is 11.8 Å². The van der Waals surface area contributed by atoms with Crippen molar-refractivity contribution in [2.45, 2.75) is 23.9 Å². The molecule has 1 aliphatic heterocycles. The molecule has 1 atom stereocenters. The summed E-state index contributed by atoms with van der Waals surface area (Å²) in [6.07, 6.45) is 1.63. The summed E-state index contributed by atoms with van der Waals surface area (Å²) in [6.45, 7) is 5.09. The fourth-order valence-electron chi connectivity index (χ4n) is 2.28. The number of nitrogens with two attached hydrogens (primary N) is 1. The van der Waals surface area contributed by atoms with E-state index in [0.29, 0.717) is 24.9 Å². The number of ether oxygens (including phenoxy) is 1. The van der Waals surface area contributed by atoms with E-state index in [0.717, 1.165) is 24.8 Å². The van der Waals surface area contributed by atoms with Crippen LogP contribution in [0.4, 0.5) is 5.95 Å². The summed E-state index contributed by atoms with van der Waals surface area (Å²) in [6, 6.07) is 3.74.